The summed E-state index contributed by atoms with van der Waals surface area (Å²) in [4.78, 5) is 23.5. The molecular weight excluding hydrogens is 353 g/mol. The van der Waals surface area contributed by atoms with E-state index in [9.17, 15) is 22.8 Å². The molecule has 0 atom stereocenters. The molecule has 1 saturated carbocycles. The average Bonchev–Trinajstić information content (AvgIpc) is 2.59. The lowest BCUT2D eigenvalue weighted by molar-refractivity contribution is -0.137. The number of carbonyl (C=O) groups is 2. The van der Waals surface area contributed by atoms with Crippen LogP contribution in [0.15, 0.2) is 12.1 Å². The highest BCUT2D eigenvalue weighted by Crippen LogP contribution is 2.42. The van der Waals surface area contributed by atoms with E-state index in [1.165, 1.54) is 0 Å². The fraction of sp³-hybridized carbons (Fsp3) is 0.529. The Hall–Kier alpha value is -2.29. The number of amides is 2. The monoisotopic (exact) mass is 372 g/mol. The van der Waals surface area contributed by atoms with Crippen molar-refractivity contribution in [1.82, 2.24) is 0 Å². The van der Waals surface area contributed by atoms with E-state index in [-0.39, 0.29) is 36.4 Å². The van der Waals surface area contributed by atoms with Gasteiger partial charge in [-0.3, -0.25) is 9.59 Å². The van der Waals surface area contributed by atoms with Crippen LogP contribution in [0.5, 0.6) is 5.75 Å². The minimum atomic E-state index is -4.63. The fourth-order valence-corrected chi connectivity index (χ4v) is 3.07. The quantitative estimate of drug-likeness (QED) is 0.850. The molecule has 1 aromatic carbocycles. The second-order valence-corrected chi connectivity index (χ2v) is 6.35. The van der Waals surface area contributed by atoms with Crippen molar-refractivity contribution >= 4 is 23.2 Å². The van der Waals surface area contributed by atoms with Crippen LogP contribution >= 0.6 is 0 Å². The van der Waals surface area contributed by atoms with Gasteiger partial charge in [-0.1, -0.05) is 19.3 Å². The lowest BCUT2D eigenvalue weighted by Gasteiger charge is -2.24. The lowest BCUT2D eigenvalue weighted by Crippen LogP contribution is -2.28. The van der Waals surface area contributed by atoms with Gasteiger partial charge >= 0.3 is 6.18 Å². The normalized spacial score (nSPS) is 17.9. The standard InChI is InChI=1S/C17H19F3N2O4/c18-17(19,20)10-6-12(16-13(7-10)22-15(24)9-26-16)21-14(23)8-25-11-4-2-1-3-5-11/h6-7,11H,1-5,8-9H2,(H,21,23)(H,22,24). The minimum Gasteiger partial charge on any atom is -0.479 e. The Kier molecular flexibility index (Phi) is 5.36. The van der Waals surface area contributed by atoms with Gasteiger partial charge in [0, 0.05) is 0 Å². The maximum Gasteiger partial charge on any atom is 0.416 e. The smallest absolute Gasteiger partial charge is 0.416 e. The van der Waals surface area contributed by atoms with Crippen LogP contribution in [0, 0.1) is 0 Å². The summed E-state index contributed by atoms with van der Waals surface area (Å²) in [7, 11) is 0. The SMILES string of the molecule is O=C1COc2c(cc(C(F)(F)F)cc2NC(=O)COC2CCCCC2)N1. The molecule has 9 heteroatoms. The van der Waals surface area contributed by atoms with Crippen LogP contribution in [-0.4, -0.2) is 31.1 Å². The highest BCUT2D eigenvalue weighted by molar-refractivity contribution is 6.00. The molecule has 1 fully saturated rings. The Morgan fingerprint density at radius 1 is 1.27 bits per heavy atom. The number of carbonyl (C=O) groups excluding carboxylic acids is 2. The molecule has 3 rings (SSSR count). The Balaban J connectivity index is 1.74. The van der Waals surface area contributed by atoms with Gasteiger partial charge in [0.1, 0.15) is 6.61 Å². The maximum absolute atomic E-state index is 13.1. The van der Waals surface area contributed by atoms with Crippen LogP contribution in [0.4, 0.5) is 24.5 Å². The van der Waals surface area contributed by atoms with Gasteiger partial charge in [-0.25, -0.2) is 0 Å². The first-order valence-corrected chi connectivity index (χ1v) is 8.42. The molecule has 26 heavy (non-hydrogen) atoms. The molecule has 1 aliphatic carbocycles. The van der Waals surface area contributed by atoms with Crippen molar-refractivity contribution in [1.29, 1.82) is 0 Å². The predicted octanol–water partition coefficient (Wildman–Crippen LogP) is 3.32. The highest BCUT2D eigenvalue weighted by Gasteiger charge is 2.34. The molecule has 1 aliphatic heterocycles. The lowest BCUT2D eigenvalue weighted by atomic mass is 9.98. The van der Waals surface area contributed by atoms with Gasteiger partial charge in [-0.2, -0.15) is 13.2 Å². The Labute approximate surface area is 148 Å². The van der Waals surface area contributed by atoms with Crippen molar-refractivity contribution in [3.05, 3.63) is 17.7 Å². The number of anilines is 2. The number of halogens is 3. The molecule has 0 radical (unpaired) electrons. The molecule has 0 bridgehead atoms. The molecular formula is C17H19F3N2O4. The number of fused-ring (bicyclic) bond motifs is 1. The van der Waals surface area contributed by atoms with E-state index in [1.54, 1.807) is 0 Å². The third-order valence-electron chi connectivity index (χ3n) is 4.31. The zero-order chi connectivity index (χ0) is 18.7. The molecule has 1 aromatic rings. The second kappa shape index (κ2) is 7.53. The Morgan fingerprint density at radius 2 is 2.00 bits per heavy atom. The van der Waals surface area contributed by atoms with Crippen LogP contribution in [0.25, 0.3) is 0 Å². The van der Waals surface area contributed by atoms with Crippen molar-refractivity contribution in [3.63, 3.8) is 0 Å². The molecule has 0 spiro atoms. The van der Waals surface area contributed by atoms with Crippen molar-refractivity contribution in [3.8, 4) is 5.75 Å². The molecule has 142 valence electrons. The molecule has 0 aromatic heterocycles. The van der Waals surface area contributed by atoms with Gasteiger partial charge in [0.15, 0.2) is 12.4 Å². The van der Waals surface area contributed by atoms with E-state index >= 15 is 0 Å². The van der Waals surface area contributed by atoms with E-state index in [4.69, 9.17) is 9.47 Å². The van der Waals surface area contributed by atoms with Gasteiger partial charge in [-0.05, 0) is 25.0 Å². The van der Waals surface area contributed by atoms with Crippen LogP contribution in [-0.2, 0) is 20.5 Å². The van der Waals surface area contributed by atoms with Gasteiger partial charge in [0.05, 0.1) is 23.0 Å². The van der Waals surface area contributed by atoms with Gasteiger partial charge in [0.2, 0.25) is 5.91 Å². The van der Waals surface area contributed by atoms with E-state index in [2.05, 4.69) is 10.6 Å². The third kappa shape index (κ3) is 4.46. The van der Waals surface area contributed by atoms with Gasteiger partial charge in [-0.15, -0.1) is 0 Å². The van der Waals surface area contributed by atoms with Crippen LogP contribution in [0.2, 0.25) is 0 Å². The largest absolute Gasteiger partial charge is 0.479 e. The van der Waals surface area contributed by atoms with Crippen LogP contribution < -0.4 is 15.4 Å². The van der Waals surface area contributed by atoms with Gasteiger partial charge < -0.3 is 20.1 Å². The predicted molar refractivity (Wildman–Crippen MR) is 87.0 cm³/mol. The molecule has 6 nitrogen and oxygen atoms in total. The first-order valence-electron chi connectivity index (χ1n) is 8.42. The molecule has 2 aliphatic rings. The van der Waals surface area contributed by atoms with Crippen molar-refractivity contribution in [2.24, 2.45) is 0 Å². The van der Waals surface area contributed by atoms with E-state index < -0.39 is 23.6 Å². The highest BCUT2D eigenvalue weighted by atomic mass is 19.4. The molecule has 0 saturated heterocycles. The number of ether oxygens (including phenoxy) is 2. The summed E-state index contributed by atoms with van der Waals surface area (Å²) in [6.45, 7) is -0.581. The second-order valence-electron chi connectivity index (χ2n) is 6.35. The van der Waals surface area contributed by atoms with Gasteiger partial charge in [0.25, 0.3) is 5.91 Å². The van der Waals surface area contributed by atoms with Crippen LogP contribution in [0.1, 0.15) is 37.7 Å². The van der Waals surface area contributed by atoms with Crippen LogP contribution in [0.3, 0.4) is 0 Å². The Morgan fingerprint density at radius 3 is 2.69 bits per heavy atom. The summed E-state index contributed by atoms with van der Waals surface area (Å²) in [5, 5.41) is 4.72. The fourth-order valence-electron chi connectivity index (χ4n) is 3.07. The minimum absolute atomic E-state index is 0.000428. The summed E-state index contributed by atoms with van der Waals surface area (Å²) in [6, 6.07) is 1.56. The molecule has 1 heterocycles. The Bertz CT molecular complexity index is 700. The molecule has 2 N–H and O–H groups in total. The summed E-state index contributed by atoms with van der Waals surface area (Å²) < 4.78 is 49.9. The van der Waals surface area contributed by atoms with E-state index in [1.807, 2.05) is 0 Å². The molecule has 0 unspecified atom stereocenters. The number of rotatable bonds is 4. The summed E-state index contributed by atoms with van der Waals surface area (Å²) in [6.07, 6.45) is 0.353. The summed E-state index contributed by atoms with van der Waals surface area (Å²) in [5.41, 5.74) is -1.27. The van der Waals surface area contributed by atoms with Crippen molar-refractivity contribution < 1.29 is 32.2 Å². The van der Waals surface area contributed by atoms with Crippen molar-refractivity contribution in [2.75, 3.05) is 23.8 Å². The molecule has 2 amide bonds. The van der Waals surface area contributed by atoms with Crippen molar-refractivity contribution in [2.45, 2.75) is 44.4 Å². The topological polar surface area (TPSA) is 76.7 Å². The number of hydrogen-bond donors (Lipinski definition) is 2. The zero-order valence-electron chi connectivity index (χ0n) is 13.9. The summed E-state index contributed by atoms with van der Waals surface area (Å²) in [5.74, 6) is -1.13. The number of nitrogens with one attached hydrogen (secondary N) is 2. The number of hydrogen-bond acceptors (Lipinski definition) is 4. The number of alkyl halides is 3. The maximum atomic E-state index is 13.1. The third-order valence-corrected chi connectivity index (χ3v) is 4.31. The van der Waals surface area contributed by atoms with E-state index in [0.29, 0.717) is 0 Å². The van der Waals surface area contributed by atoms with E-state index in [0.717, 1.165) is 44.2 Å². The first kappa shape index (κ1) is 18.5. The first-order chi connectivity index (χ1) is 12.3. The summed E-state index contributed by atoms with van der Waals surface area (Å²) >= 11 is 0. The zero-order valence-corrected chi connectivity index (χ0v) is 13.9. The average molecular weight is 372 g/mol. The number of benzene rings is 1.